The van der Waals surface area contributed by atoms with Crippen LogP contribution in [0.3, 0.4) is 0 Å². The Bertz CT molecular complexity index is 734. The highest BCUT2D eigenvalue weighted by Crippen LogP contribution is 2.29. The van der Waals surface area contributed by atoms with Crippen molar-refractivity contribution in [2.45, 2.75) is 57.1 Å². The number of hydrogen-bond donors (Lipinski definition) is 2. The van der Waals surface area contributed by atoms with Crippen LogP contribution in [0.4, 0.5) is 4.79 Å². The summed E-state index contributed by atoms with van der Waals surface area (Å²) in [6.07, 6.45) is 0. The van der Waals surface area contributed by atoms with Gasteiger partial charge in [-0.15, -0.1) is 21.5 Å². The number of aromatic nitrogens is 3. The molecule has 136 valence electrons. The topological polar surface area (TPSA) is 88.9 Å². The van der Waals surface area contributed by atoms with Crippen LogP contribution >= 0.6 is 23.1 Å². The van der Waals surface area contributed by atoms with Crippen molar-refractivity contribution in [3.05, 3.63) is 17.5 Å². The molecule has 2 N–H and O–H groups in total. The summed E-state index contributed by atoms with van der Waals surface area (Å²) in [5, 5.41) is 15.7. The number of rotatable bonds is 5. The van der Waals surface area contributed by atoms with Gasteiger partial charge in [0.1, 0.15) is 0 Å². The summed E-state index contributed by atoms with van der Waals surface area (Å²) in [6.45, 7) is 10.00. The first-order chi connectivity index (χ1) is 11.7. The number of carbonyl (C=O) groups is 2. The highest BCUT2D eigenvalue weighted by Gasteiger charge is 2.23. The van der Waals surface area contributed by atoms with Crippen LogP contribution in [0.15, 0.2) is 22.7 Å². The Morgan fingerprint density at radius 3 is 2.64 bits per heavy atom. The quantitative estimate of drug-likeness (QED) is 0.777. The smallest absolute Gasteiger partial charge is 0.321 e. The zero-order valence-electron chi connectivity index (χ0n) is 15.0. The predicted octanol–water partition coefficient (Wildman–Crippen LogP) is 3.13. The maximum absolute atomic E-state index is 12.2. The second kappa shape index (κ2) is 8.01. The molecule has 0 unspecified atom stereocenters. The summed E-state index contributed by atoms with van der Waals surface area (Å²) >= 11 is 2.88. The molecular weight excluding hydrogens is 358 g/mol. The number of thiophene rings is 1. The summed E-state index contributed by atoms with van der Waals surface area (Å²) in [4.78, 5) is 25.1. The van der Waals surface area contributed by atoms with E-state index in [1.165, 1.54) is 11.8 Å². The average molecular weight is 382 g/mol. The van der Waals surface area contributed by atoms with E-state index >= 15 is 0 Å². The largest absolute Gasteiger partial charge is 0.333 e. The molecule has 0 bridgehead atoms. The van der Waals surface area contributed by atoms with E-state index in [4.69, 9.17) is 0 Å². The van der Waals surface area contributed by atoms with E-state index < -0.39 is 16.8 Å². The van der Waals surface area contributed by atoms with E-state index in [2.05, 4.69) is 20.8 Å². The molecule has 0 saturated heterocycles. The van der Waals surface area contributed by atoms with Crippen LogP contribution in [-0.4, -0.2) is 37.5 Å². The van der Waals surface area contributed by atoms with Crippen molar-refractivity contribution in [2.24, 2.45) is 0 Å². The van der Waals surface area contributed by atoms with Gasteiger partial charge in [-0.05, 0) is 46.1 Å². The molecule has 2 aromatic rings. The first-order valence-corrected chi connectivity index (χ1v) is 9.74. The standard InChI is InChI=1S/C16H23N5O2S2/c1-6-21-12(11-8-7-9-24-11)19-20-15(21)25-10(2)13(22)17-14(23)18-16(3,4)5/h7-10H,6H2,1-5H3,(H2,17,18,22,23)/t10-/m0/s1. The van der Waals surface area contributed by atoms with Gasteiger partial charge in [0, 0.05) is 12.1 Å². The van der Waals surface area contributed by atoms with E-state index in [0.29, 0.717) is 11.7 Å². The molecule has 0 aliphatic rings. The maximum Gasteiger partial charge on any atom is 0.321 e. The van der Waals surface area contributed by atoms with E-state index in [1.807, 2.05) is 49.8 Å². The molecule has 7 nitrogen and oxygen atoms in total. The molecule has 0 aliphatic heterocycles. The van der Waals surface area contributed by atoms with Crippen molar-refractivity contribution in [3.63, 3.8) is 0 Å². The third-order valence-corrected chi connectivity index (χ3v) is 5.10. The van der Waals surface area contributed by atoms with Crippen molar-refractivity contribution < 1.29 is 9.59 Å². The number of hydrogen-bond acceptors (Lipinski definition) is 6. The lowest BCUT2D eigenvalue weighted by atomic mass is 10.1. The van der Waals surface area contributed by atoms with Crippen molar-refractivity contribution in [2.75, 3.05) is 0 Å². The Hall–Kier alpha value is -1.87. The zero-order valence-corrected chi connectivity index (χ0v) is 16.6. The number of urea groups is 1. The Morgan fingerprint density at radius 1 is 1.36 bits per heavy atom. The van der Waals surface area contributed by atoms with Gasteiger partial charge in [0.05, 0.1) is 10.1 Å². The third kappa shape index (κ3) is 5.30. The SMILES string of the molecule is CCn1c(S[C@@H](C)C(=O)NC(=O)NC(C)(C)C)nnc1-c1cccs1. The van der Waals surface area contributed by atoms with Gasteiger partial charge in [-0.3, -0.25) is 10.1 Å². The van der Waals surface area contributed by atoms with Crippen molar-refractivity contribution in [1.29, 1.82) is 0 Å². The Morgan fingerprint density at radius 2 is 2.08 bits per heavy atom. The van der Waals surface area contributed by atoms with E-state index in [1.54, 1.807) is 18.3 Å². The Labute approximate surface area is 155 Å². The van der Waals surface area contributed by atoms with E-state index in [0.717, 1.165) is 10.7 Å². The first kappa shape index (κ1) is 19.5. The Balaban J connectivity index is 2.04. The van der Waals surface area contributed by atoms with Gasteiger partial charge in [0.2, 0.25) is 5.91 Å². The molecule has 2 rings (SSSR count). The number of imide groups is 1. The number of nitrogens with zero attached hydrogens (tertiary/aromatic N) is 3. The summed E-state index contributed by atoms with van der Waals surface area (Å²) in [5.74, 6) is 0.424. The van der Waals surface area contributed by atoms with Crippen molar-refractivity contribution in [1.82, 2.24) is 25.4 Å². The molecule has 3 amide bonds. The minimum atomic E-state index is -0.499. The van der Waals surface area contributed by atoms with Gasteiger partial charge >= 0.3 is 6.03 Å². The number of thioether (sulfide) groups is 1. The zero-order chi connectivity index (χ0) is 18.6. The Kier molecular flexibility index (Phi) is 6.23. The van der Waals surface area contributed by atoms with E-state index in [-0.39, 0.29) is 5.91 Å². The normalized spacial score (nSPS) is 12.7. The summed E-state index contributed by atoms with van der Waals surface area (Å²) in [5.41, 5.74) is -0.404. The molecule has 0 aromatic carbocycles. The highest BCUT2D eigenvalue weighted by molar-refractivity contribution is 8.00. The van der Waals surface area contributed by atoms with Crippen LogP contribution in [0.2, 0.25) is 0 Å². The molecule has 25 heavy (non-hydrogen) atoms. The van der Waals surface area contributed by atoms with Crippen LogP contribution in [-0.2, 0) is 11.3 Å². The lowest BCUT2D eigenvalue weighted by Crippen LogP contribution is -2.49. The van der Waals surface area contributed by atoms with Gasteiger partial charge in [-0.2, -0.15) is 0 Å². The average Bonchev–Trinajstić information content (AvgIpc) is 3.13. The van der Waals surface area contributed by atoms with Gasteiger partial charge in [0.15, 0.2) is 11.0 Å². The summed E-state index contributed by atoms with van der Waals surface area (Å²) < 4.78 is 1.97. The molecule has 0 fully saturated rings. The first-order valence-electron chi connectivity index (χ1n) is 7.98. The van der Waals surface area contributed by atoms with Crippen molar-refractivity contribution >= 4 is 35.0 Å². The summed E-state index contributed by atoms with van der Waals surface area (Å²) in [6, 6.07) is 3.45. The number of carbonyl (C=O) groups excluding carboxylic acids is 2. The second-order valence-electron chi connectivity index (χ2n) is 6.48. The highest BCUT2D eigenvalue weighted by atomic mass is 32.2. The fourth-order valence-electron chi connectivity index (χ4n) is 2.05. The molecule has 0 spiro atoms. The van der Waals surface area contributed by atoms with Gasteiger partial charge in [-0.1, -0.05) is 17.8 Å². The second-order valence-corrected chi connectivity index (χ2v) is 8.74. The molecule has 2 heterocycles. The predicted molar refractivity (Wildman–Crippen MR) is 101 cm³/mol. The lowest BCUT2D eigenvalue weighted by Gasteiger charge is -2.21. The molecule has 0 radical (unpaired) electrons. The summed E-state index contributed by atoms with van der Waals surface area (Å²) in [7, 11) is 0. The number of nitrogens with one attached hydrogen (secondary N) is 2. The molecule has 1 atom stereocenters. The third-order valence-electron chi connectivity index (χ3n) is 3.15. The monoisotopic (exact) mass is 381 g/mol. The van der Waals surface area contributed by atoms with Gasteiger partial charge in [0.25, 0.3) is 0 Å². The van der Waals surface area contributed by atoms with E-state index in [9.17, 15) is 9.59 Å². The fourth-order valence-corrected chi connectivity index (χ4v) is 3.68. The maximum atomic E-state index is 12.2. The molecule has 9 heteroatoms. The van der Waals surface area contributed by atoms with Gasteiger partial charge < -0.3 is 9.88 Å². The van der Waals surface area contributed by atoms with Crippen LogP contribution in [0.5, 0.6) is 0 Å². The fraction of sp³-hybridized carbons (Fsp3) is 0.500. The van der Waals surface area contributed by atoms with Crippen molar-refractivity contribution in [3.8, 4) is 10.7 Å². The molecule has 0 saturated carbocycles. The van der Waals surface area contributed by atoms with Crippen LogP contribution in [0.25, 0.3) is 10.7 Å². The molecule has 0 aliphatic carbocycles. The molecule has 2 aromatic heterocycles. The van der Waals surface area contributed by atoms with Crippen LogP contribution in [0.1, 0.15) is 34.6 Å². The molecular formula is C16H23N5O2S2. The van der Waals surface area contributed by atoms with Gasteiger partial charge in [-0.25, -0.2) is 4.79 Å². The minimum Gasteiger partial charge on any atom is -0.333 e. The number of amides is 3. The minimum absolute atomic E-state index is 0.366. The lowest BCUT2D eigenvalue weighted by molar-refractivity contribution is -0.119. The van der Waals surface area contributed by atoms with Crippen LogP contribution in [0, 0.1) is 0 Å². The van der Waals surface area contributed by atoms with Crippen LogP contribution < -0.4 is 10.6 Å².